The van der Waals surface area contributed by atoms with Gasteiger partial charge in [0.2, 0.25) is 0 Å². The minimum absolute atomic E-state index is 0.0472. The summed E-state index contributed by atoms with van der Waals surface area (Å²) < 4.78 is 5.62. The summed E-state index contributed by atoms with van der Waals surface area (Å²) in [4.78, 5) is 12.8. The van der Waals surface area contributed by atoms with Crippen molar-refractivity contribution < 1.29 is 9.53 Å². The molecule has 3 nitrogen and oxygen atoms in total. The van der Waals surface area contributed by atoms with Gasteiger partial charge in [-0.1, -0.05) is 12.1 Å². The Labute approximate surface area is 132 Å². The third kappa shape index (κ3) is 2.41. The monoisotopic (exact) mass is 299 g/mol. The summed E-state index contributed by atoms with van der Waals surface area (Å²) in [5, 5.41) is 3.42. The van der Waals surface area contributed by atoms with Crippen LogP contribution in [0, 0.1) is 17.8 Å². The topological polar surface area (TPSA) is 38.3 Å². The van der Waals surface area contributed by atoms with Crippen molar-refractivity contribution in [1.29, 1.82) is 0 Å². The number of para-hydroxylation sites is 1. The first-order chi connectivity index (χ1) is 10.7. The summed E-state index contributed by atoms with van der Waals surface area (Å²) in [6.07, 6.45) is 7.73. The predicted octanol–water partition coefficient (Wildman–Crippen LogP) is 3.78. The Morgan fingerprint density at radius 3 is 2.32 bits per heavy atom. The van der Waals surface area contributed by atoms with Crippen LogP contribution >= 0.6 is 0 Å². The summed E-state index contributed by atoms with van der Waals surface area (Å²) in [5.74, 6) is 3.27. The van der Waals surface area contributed by atoms with E-state index in [9.17, 15) is 4.79 Å². The molecule has 0 saturated heterocycles. The Morgan fingerprint density at radius 1 is 1.14 bits per heavy atom. The van der Waals surface area contributed by atoms with Crippen molar-refractivity contribution >= 4 is 5.91 Å². The molecule has 5 rings (SSSR count). The van der Waals surface area contributed by atoms with E-state index in [1.165, 1.54) is 38.5 Å². The van der Waals surface area contributed by atoms with Gasteiger partial charge in [0.1, 0.15) is 5.75 Å². The molecule has 0 unspecified atom stereocenters. The molecule has 1 aromatic rings. The van der Waals surface area contributed by atoms with Crippen molar-refractivity contribution in [1.82, 2.24) is 5.32 Å². The number of hydrogen-bond donors (Lipinski definition) is 1. The van der Waals surface area contributed by atoms with Crippen LogP contribution in [0.1, 0.15) is 55.8 Å². The van der Waals surface area contributed by atoms with Crippen LogP contribution in [0.3, 0.4) is 0 Å². The molecule has 1 amide bonds. The third-order valence-corrected chi connectivity index (χ3v) is 5.85. The molecular weight excluding hydrogens is 274 g/mol. The molecule has 0 spiro atoms. The lowest BCUT2D eigenvalue weighted by molar-refractivity contribution is -0.0167. The number of hydrogen-bond acceptors (Lipinski definition) is 2. The highest BCUT2D eigenvalue weighted by Crippen LogP contribution is 2.55. The molecule has 4 fully saturated rings. The molecule has 0 atom stereocenters. The molecule has 22 heavy (non-hydrogen) atoms. The maximum absolute atomic E-state index is 12.8. The molecule has 4 bridgehead atoms. The quantitative estimate of drug-likeness (QED) is 0.918. The zero-order valence-electron chi connectivity index (χ0n) is 13.3. The summed E-state index contributed by atoms with van der Waals surface area (Å²) in [5.41, 5.74) is 0.741. The first-order valence-corrected chi connectivity index (χ1v) is 8.72. The Bertz CT molecular complexity index is 545. The molecular formula is C19H25NO2. The van der Waals surface area contributed by atoms with E-state index in [4.69, 9.17) is 4.74 Å². The highest BCUT2D eigenvalue weighted by Gasteiger charge is 2.51. The zero-order valence-corrected chi connectivity index (χ0v) is 13.3. The zero-order chi connectivity index (χ0) is 15.2. The Morgan fingerprint density at radius 2 is 1.73 bits per heavy atom. The normalized spacial score (nSPS) is 35.4. The van der Waals surface area contributed by atoms with Crippen molar-refractivity contribution in [2.24, 2.45) is 17.8 Å². The largest absolute Gasteiger partial charge is 0.493 e. The second-order valence-corrected chi connectivity index (χ2v) is 7.58. The van der Waals surface area contributed by atoms with Crippen molar-refractivity contribution in [2.75, 3.05) is 6.61 Å². The van der Waals surface area contributed by atoms with Gasteiger partial charge in [-0.25, -0.2) is 0 Å². The lowest BCUT2D eigenvalue weighted by Gasteiger charge is -2.56. The van der Waals surface area contributed by atoms with Gasteiger partial charge in [0, 0.05) is 5.54 Å². The highest BCUT2D eigenvalue weighted by molar-refractivity contribution is 5.97. The highest BCUT2D eigenvalue weighted by atomic mass is 16.5. The Hall–Kier alpha value is -1.51. The average molecular weight is 299 g/mol. The van der Waals surface area contributed by atoms with Gasteiger partial charge in [-0.3, -0.25) is 4.79 Å². The number of carbonyl (C=O) groups excluding carboxylic acids is 1. The van der Waals surface area contributed by atoms with Crippen molar-refractivity contribution in [3.63, 3.8) is 0 Å². The Kier molecular flexibility index (Phi) is 3.39. The number of amides is 1. The molecule has 4 aliphatic carbocycles. The van der Waals surface area contributed by atoms with E-state index in [1.54, 1.807) is 0 Å². The minimum Gasteiger partial charge on any atom is -0.493 e. The van der Waals surface area contributed by atoms with E-state index in [-0.39, 0.29) is 11.4 Å². The van der Waals surface area contributed by atoms with Gasteiger partial charge in [0.05, 0.1) is 12.2 Å². The SMILES string of the molecule is CCOc1ccccc1C(=O)NC12CC3CC(CC(C3)C1)C2. The van der Waals surface area contributed by atoms with Gasteiger partial charge in [-0.05, 0) is 75.3 Å². The van der Waals surface area contributed by atoms with Crippen LogP contribution in [-0.2, 0) is 0 Å². The summed E-state index contributed by atoms with van der Waals surface area (Å²) in [7, 11) is 0. The van der Waals surface area contributed by atoms with Gasteiger partial charge in [0.25, 0.3) is 5.91 Å². The second kappa shape index (κ2) is 5.29. The maximum atomic E-state index is 12.8. The molecule has 3 heteroatoms. The van der Waals surface area contributed by atoms with Crippen molar-refractivity contribution in [3.05, 3.63) is 29.8 Å². The summed E-state index contributed by atoms with van der Waals surface area (Å²) >= 11 is 0. The average Bonchev–Trinajstić information content (AvgIpc) is 2.46. The van der Waals surface area contributed by atoms with Gasteiger partial charge in [-0.15, -0.1) is 0 Å². The molecule has 4 aliphatic rings. The smallest absolute Gasteiger partial charge is 0.255 e. The number of nitrogens with one attached hydrogen (secondary N) is 1. The summed E-state index contributed by atoms with van der Waals surface area (Å²) in [6, 6.07) is 7.60. The molecule has 0 heterocycles. The molecule has 4 saturated carbocycles. The number of carbonyl (C=O) groups is 1. The third-order valence-electron chi connectivity index (χ3n) is 5.85. The van der Waals surface area contributed by atoms with Crippen LogP contribution in [0.4, 0.5) is 0 Å². The van der Waals surface area contributed by atoms with Crippen molar-refractivity contribution in [3.8, 4) is 5.75 Å². The van der Waals surface area contributed by atoms with Crippen LogP contribution < -0.4 is 10.1 Å². The van der Waals surface area contributed by atoms with Crippen LogP contribution in [0.2, 0.25) is 0 Å². The number of benzene rings is 1. The van der Waals surface area contributed by atoms with E-state index in [0.717, 1.165) is 17.8 Å². The molecule has 118 valence electrons. The van der Waals surface area contributed by atoms with E-state index in [0.29, 0.717) is 17.9 Å². The van der Waals surface area contributed by atoms with E-state index in [1.807, 2.05) is 31.2 Å². The van der Waals surface area contributed by atoms with Crippen LogP contribution in [0.5, 0.6) is 5.75 Å². The van der Waals surface area contributed by atoms with E-state index < -0.39 is 0 Å². The van der Waals surface area contributed by atoms with Crippen molar-refractivity contribution in [2.45, 2.75) is 51.0 Å². The fourth-order valence-electron chi connectivity index (χ4n) is 5.51. The molecule has 0 aliphatic heterocycles. The summed E-state index contributed by atoms with van der Waals surface area (Å²) in [6.45, 7) is 2.54. The van der Waals surface area contributed by atoms with Gasteiger partial charge < -0.3 is 10.1 Å². The Balaban J connectivity index is 1.55. The lowest BCUT2D eigenvalue weighted by Crippen LogP contribution is -2.59. The molecule has 0 radical (unpaired) electrons. The van der Waals surface area contributed by atoms with Crippen LogP contribution in [-0.4, -0.2) is 18.1 Å². The number of ether oxygens (including phenoxy) is 1. The first kappa shape index (κ1) is 14.1. The fourth-order valence-corrected chi connectivity index (χ4v) is 5.51. The second-order valence-electron chi connectivity index (χ2n) is 7.58. The van der Waals surface area contributed by atoms with E-state index in [2.05, 4.69) is 5.32 Å². The standard InChI is InChI=1S/C19H25NO2/c1-2-22-17-6-4-3-5-16(17)18(21)20-19-10-13-7-14(11-19)9-15(8-13)12-19/h3-6,13-15H,2,7-12H2,1H3,(H,20,21). The van der Waals surface area contributed by atoms with E-state index >= 15 is 0 Å². The predicted molar refractivity (Wildman–Crippen MR) is 86.0 cm³/mol. The van der Waals surface area contributed by atoms with Gasteiger partial charge in [-0.2, -0.15) is 0 Å². The molecule has 1 aromatic carbocycles. The number of rotatable bonds is 4. The van der Waals surface area contributed by atoms with Gasteiger partial charge in [0.15, 0.2) is 0 Å². The lowest BCUT2D eigenvalue weighted by atomic mass is 9.53. The maximum Gasteiger partial charge on any atom is 0.255 e. The van der Waals surface area contributed by atoms with Crippen LogP contribution in [0.15, 0.2) is 24.3 Å². The van der Waals surface area contributed by atoms with Crippen LogP contribution in [0.25, 0.3) is 0 Å². The molecule has 1 N–H and O–H groups in total. The fraction of sp³-hybridized carbons (Fsp3) is 0.632. The van der Waals surface area contributed by atoms with Gasteiger partial charge >= 0.3 is 0 Å². The first-order valence-electron chi connectivity index (χ1n) is 8.72. The minimum atomic E-state index is 0.0472. The molecule has 0 aromatic heterocycles.